The van der Waals surface area contributed by atoms with E-state index in [9.17, 15) is 5.21 Å². The first-order valence-corrected chi connectivity index (χ1v) is 5.24. The van der Waals surface area contributed by atoms with Gasteiger partial charge in [0.15, 0.2) is 0 Å². The molecule has 14 heavy (non-hydrogen) atoms. The molecule has 0 aromatic heterocycles. The lowest BCUT2D eigenvalue weighted by atomic mass is 9.87. The first kappa shape index (κ1) is 11.8. The fraction of sp³-hybridized carbons (Fsp3) is 0.900. The molecule has 1 atom stereocenters. The molecule has 1 unspecified atom stereocenters. The van der Waals surface area contributed by atoms with E-state index in [-0.39, 0.29) is 17.0 Å². The topological polar surface area (TPSA) is 35.5 Å². The highest BCUT2D eigenvalue weighted by molar-refractivity contribution is 7.78. The molecule has 1 fully saturated rings. The standard InChI is InChI=1S/C10H17N2OS/c1-9(2)5-8(6-11-7-14)10(3,4)12(9)13/h8H,5-6H2,1-4H3. The molecular formula is C10H17N2OS. The van der Waals surface area contributed by atoms with E-state index in [4.69, 9.17) is 0 Å². The molecule has 0 aromatic rings. The summed E-state index contributed by atoms with van der Waals surface area (Å²) >= 11 is 4.54. The van der Waals surface area contributed by atoms with Crippen molar-refractivity contribution in [2.45, 2.75) is 45.2 Å². The lowest BCUT2D eigenvalue weighted by Gasteiger charge is -2.33. The van der Waals surface area contributed by atoms with Crippen LogP contribution >= 0.6 is 12.2 Å². The van der Waals surface area contributed by atoms with Gasteiger partial charge >= 0.3 is 0 Å². The van der Waals surface area contributed by atoms with Crippen molar-refractivity contribution < 1.29 is 5.21 Å². The Morgan fingerprint density at radius 3 is 2.43 bits per heavy atom. The monoisotopic (exact) mass is 213 g/mol. The SMILES string of the molecule is CC1(C)CC(CN=C=S)C(C)(C)N1[O]. The summed E-state index contributed by atoms with van der Waals surface area (Å²) in [5, 5.41) is 15.5. The zero-order chi connectivity index (χ0) is 11.0. The van der Waals surface area contributed by atoms with E-state index in [0.717, 1.165) is 6.42 Å². The van der Waals surface area contributed by atoms with Gasteiger partial charge in [-0.25, -0.2) is 4.99 Å². The lowest BCUT2D eigenvalue weighted by molar-refractivity contribution is -0.248. The molecule has 0 aliphatic carbocycles. The second kappa shape index (κ2) is 3.70. The van der Waals surface area contributed by atoms with Gasteiger partial charge in [-0.2, -0.15) is 0 Å². The summed E-state index contributed by atoms with van der Waals surface area (Å²) in [7, 11) is 0. The second-order valence-electron chi connectivity index (χ2n) is 5.09. The Morgan fingerprint density at radius 1 is 1.50 bits per heavy atom. The Labute approximate surface area is 90.8 Å². The van der Waals surface area contributed by atoms with Crippen LogP contribution in [0.4, 0.5) is 0 Å². The summed E-state index contributed by atoms with van der Waals surface area (Å²) in [6, 6.07) is 0. The number of aliphatic imine (C=N–C) groups is 1. The van der Waals surface area contributed by atoms with Crippen molar-refractivity contribution in [3.8, 4) is 0 Å². The third kappa shape index (κ3) is 1.89. The molecule has 0 spiro atoms. The zero-order valence-corrected chi connectivity index (χ0v) is 10.0. The van der Waals surface area contributed by atoms with Crippen LogP contribution < -0.4 is 0 Å². The Morgan fingerprint density at radius 2 is 2.07 bits per heavy atom. The first-order valence-electron chi connectivity index (χ1n) is 4.83. The number of thiocarbonyl (C=S) groups is 1. The minimum atomic E-state index is -0.348. The largest absolute Gasteiger partial charge is 0.232 e. The molecule has 0 amide bonds. The number of isothiocyanates is 1. The smallest absolute Gasteiger partial charge is 0.0585 e. The van der Waals surface area contributed by atoms with E-state index < -0.39 is 0 Å². The van der Waals surface area contributed by atoms with Crippen LogP contribution in [-0.4, -0.2) is 27.8 Å². The Balaban J connectivity index is 2.85. The summed E-state index contributed by atoms with van der Waals surface area (Å²) in [6.07, 6.45) is 0.865. The van der Waals surface area contributed by atoms with Gasteiger partial charge in [0.05, 0.1) is 11.7 Å². The molecule has 0 aromatic carbocycles. The maximum absolute atomic E-state index is 12.0. The number of hydrogen-bond donors (Lipinski definition) is 0. The van der Waals surface area contributed by atoms with Gasteiger partial charge < -0.3 is 0 Å². The number of hydroxylamine groups is 2. The van der Waals surface area contributed by atoms with E-state index in [2.05, 4.69) is 22.4 Å². The summed E-state index contributed by atoms with van der Waals surface area (Å²) in [5.74, 6) is 0.269. The quantitative estimate of drug-likeness (QED) is 0.521. The Bertz CT molecular complexity index is 269. The molecule has 1 rings (SSSR count). The predicted octanol–water partition coefficient (Wildman–Crippen LogP) is 2.31. The maximum atomic E-state index is 12.0. The van der Waals surface area contributed by atoms with Crippen LogP contribution in [0.1, 0.15) is 34.1 Å². The summed E-state index contributed by atoms with van der Waals surface area (Å²) in [4.78, 5) is 3.95. The highest BCUT2D eigenvalue weighted by atomic mass is 32.1. The normalized spacial score (nSPS) is 29.9. The second-order valence-corrected chi connectivity index (χ2v) is 5.28. The molecule has 1 aliphatic heterocycles. The maximum Gasteiger partial charge on any atom is 0.0585 e. The highest BCUT2D eigenvalue weighted by Crippen LogP contribution is 2.43. The lowest BCUT2D eigenvalue weighted by Crippen LogP contribution is -2.46. The average molecular weight is 213 g/mol. The van der Waals surface area contributed by atoms with Crippen molar-refractivity contribution in [2.75, 3.05) is 6.54 Å². The van der Waals surface area contributed by atoms with Crippen LogP contribution in [0.15, 0.2) is 4.99 Å². The van der Waals surface area contributed by atoms with Crippen LogP contribution in [0.3, 0.4) is 0 Å². The van der Waals surface area contributed by atoms with E-state index >= 15 is 0 Å². The van der Waals surface area contributed by atoms with E-state index in [1.807, 2.05) is 27.7 Å². The van der Waals surface area contributed by atoms with E-state index in [1.165, 1.54) is 5.06 Å². The Kier molecular flexibility index (Phi) is 3.12. The fourth-order valence-corrected chi connectivity index (χ4v) is 2.39. The molecule has 0 saturated carbocycles. The molecule has 0 N–H and O–H groups in total. The number of nitrogens with zero attached hydrogens (tertiary/aromatic N) is 2. The zero-order valence-electron chi connectivity index (χ0n) is 9.20. The molecule has 1 heterocycles. The van der Waals surface area contributed by atoms with Gasteiger partial charge in [0.1, 0.15) is 0 Å². The number of rotatable bonds is 2. The van der Waals surface area contributed by atoms with Crippen molar-refractivity contribution in [1.29, 1.82) is 0 Å². The summed E-state index contributed by atoms with van der Waals surface area (Å²) in [6.45, 7) is 8.50. The van der Waals surface area contributed by atoms with E-state index in [1.54, 1.807) is 0 Å². The van der Waals surface area contributed by atoms with Crippen molar-refractivity contribution in [3.63, 3.8) is 0 Å². The van der Waals surface area contributed by atoms with Crippen molar-refractivity contribution >= 4 is 17.4 Å². The summed E-state index contributed by atoms with van der Waals surface area (Å²) < 4.78 is 0. The average Bonchev–Trinajstić information content (AvgIpc) is 2.23. The third-order valence-electron chi connectivity index (χ3n) is 3.19. The van der Waals surface area contributed by atoms with Crippen LogP contribution in [0.2, 0.25) is 0 Å². The van der Waals surface area contributed by atoms with Crippen LogP contribution in [0.5, 0.6) is 0 Å². The highest BCUT2D eigenvalue weighted by Gasteiger charge is 2.52. The van der Waals surface area contributed by atoms with Gasteiger partial charge in [-0.3, -0.25) is 0 Å². The van der Waals surface area contributed by atoms with Gasteiger partial charge in [0.2, 0.25) is 0 Å². The first-order chi connectivity index (χ1) is 6.32. The van der Waals surface area contributed by atoms with Crippen LogP contribution in [0.25, 0.3) is 0 Å². The van der Waals surface area contributed by atoms with Crippen molar-refractivity contribution in [3.05, 3.63) is 0 Å². The van der Waals surface area contributed by atoms with Gasteiger partial charge in [0, 0.05) is 17.0 Å². The molecule has 4 heteroatoms. The third-order valence-corrected chi connectivity index (χ3v) is 3.32. The van der Waals surface area contributed by atoms with Gasteiger partial charge in [-0.1, -0.05) is 0 Å². The number of hydrogen-bond acceptors (Lipinski definition) is 3. The molecule has 1 aliphatic rings. The van der Waals surface area contributed by atoms with Gasteiger partial charge in [0.25, 0.3) is 0 Å². The van der Waals surface area contributed by atoms with Crippen molar-refractivity contribution in [2.24, 2.45) is 10.9 Å². The minimum Gasteiger partial charge on any atom is -0.232 e. The molecule has 79 valence electrons. The Hall–Kier alpha value is -0.280. The summed E-state index contributed by atoms with van der Waals surface area (Å²) in [5.41, 5.74) is -0.635. The van der Waals surface area contributed by atoms with Crippen molar-refractivity contribution in [1.82, 2.24) is 5.06 Å². The molecule has 3 nitrogen and oxygen atoms in total. The molecular weight excluding hydrogens is 196 g/mol. The van der Waals surface area contributed by atoms with E-state index in [0.29, 0.717) is 6.54 Å². The molecule has 0 bridgehead atoms. The van der Waals surface area contributed by atoms with Gasteiger partial charge in [-0.05, 0) is 46.3 Å². The molecule has 1 saturated heterocycles. The minimum absolute atomic E-state index is 0.269. The van der Waals surface area contributed by atoms with Crippen LogP contribution in [-0.2, 0) is 5.21 Å². The van der Waals surface area contributed by atoms with Gasteiger partial charge in [-0.15, -0.1) is 10.3 Å². The van der Waals surface area contributed by atoms with Crippen LogP contribution in [0, 0.1) is 5.92 Å². The predicted molar refractivity (Wildman–Crippen MR) is 58.7 cm³/mol. The molecule has 1 radical (unpaired) electrons. The fourth-order valence-electron chi connectivity index (χ4n) is 2.32.